The van der Waals surface area contributed by atoms with Crippen molar-refractivity contribution in [3.63, 3.8) is 0 Å². The molecule has 1 heterocycles. The van der Waals surface area contributed by atoms with Gasteiger partial charge in [0.05, 0.1) is 5.60 Å². The van der Waals surface area contributed by atoms with Gasteiger partial charge in [0, 0.05) is 6.04 Å². The SMILES string of the molecule is CCCCCC1NC(C(C)CC)C(CC)(CC)O1. The van der Waals surface area contributed by atoms with Crippen molar-refractivity contribution in [1.82, 2.24) is 5.32 Å². The van der Waals surface area contributed by atoms with Gasteiger partial charge in [0.2, 0.25) is 0 Å². The quantitative estimate of drug-likeness (QED) is 0.645. The van der Waals surface area contributed by atoms with Crippen molar-refractivity contribution in [2.75, 3.05) is 0 Å². The molecule has 0 saturated carbocycles. The summed E-state index contributed by atoms with van der Waals surface area (Å²) in [6, 6.07) is 0.532. The third-order valence-electron chi connectivity index (χ3n) is 4.79. The fraction of sp³-hybridized carbons (Fsp3) is 1.00. The summed E-state index contributed by atoms with van der Waals surface area (Å²) in [6.45, 7) is 11.4. The van der Waals surface area contributed by atoms with E-state index in [0.29, 0.717) is 12.0 Å². The number of ether oxygens (including phenoxy) is 1. The normalized spacial score (nSPS) is 28.5. The molecule has 3 atom stereocenters. The highest BCUT2D eigenvalue weighted by Crippen LogP contribution is 2.37. The van der Waals surface area contributed by atoms with Gasteiger partial charge < -0.3 is 4.74 Å². The second kappa shape index (κ2) is 7.49. The van der Waals surface area contributed by atoms with Crippen molar-refractivity contribution < 1.29 is 4.74 Å². The molecule has 0 aromatic heterocycles. The summed E-state index contributed by atoms with van der Waals surface area (Å²) in [5.41, 5.74) is 0.0757. The number of nitrogens with one attached hydrogen (secondary N) is 1. The van der Waals surface area contributed by atoms with Gasteiger partial charge in [0.1, 0.15) is 6.23 Å². The van der Waals surface area contributed by atoms with Crippen LogP contribution < -0.4 is 5.32 Å². The first-order chi connectivity index (χ1) is 8.63. The van der Waals surface area contributed by atoms with Gasteiger partial charge in [-0.2, -0.15) is 0 Å². The molecular weight excluding hydrogens is 222 g/mol. The average molecular weight is 255 g/mol. The van der Waals surface area contributed by atoms with Gasteiger partial charge in [-0.1, -0.05) is 53.9 Å². The summed E-state index contributed by atoms with van der Waals surface area (Å²) in [6.07, 6.45) is 8.81. The molecule has 1 saturated heterocycles. The Kier molecular flexibility index (Phi) is 6.65. The van der Waals surface area contributed by atoms with Crippen molar-refractivity contribution in [2.45, 2.75) is 97.4 Å². The highest BCUT2D eigenvalue weighted by Gasteiger charge is 2.47. The smallest absolute Gasteiger partial charge is 0.109 e. The van der Waals surface area contributed by atoms with Gasteiger partial charge in [-0.3, -0.25) is 5.32 Å². The van der Waals surface area contributed by atoms with Crippen molar-refractivity contribution in [2.24, 2.45) is 5.92 Å². The summed E-state index contributed by atoms with van der Waals surface area (Å²) in [7, 11) is 0. The molecule has 2 nitrogen and oxygen atoms in total. The largest absolute Gasteiger partial charge is 0.355 e. The van der Waals surface area contributed by atoms with E-state index < -0.39 is 0 Å². The first-order valence-electron chi connectivity index (χ1n) is 8.07. The molecule has 0 aliphatic carbocycles. The zero-order valence-electron chi connectivity index (χ0n) is 13.1. The summed E-state index contributed by atoms with van der Waals surface area (Å²) >= 11 is 0. The third kappa shape index (κ3) is 3.48. The van der Waals surface area contributed by atoms with Gasteiger partial charge in [-0.15, -0.1) is 0 Å². The molecule has 0 amide bonds. The Morgan fingerprint density at radius 1 is 1.11 bits per heavy atom. The molecule has 1 fully saturated rings. The lowest BCUT2D eigenvalue weighted by Crippen LogP contribution is -2.47. The molecule has 2 heteroatoms. The maximum atomic E-state index is 6.42. The molecule has 108 valence electrons. The Bertz CT molecular complexity index is 225. The molecule has 3 unspecified atom stereocenters. The maximum Gasteiger partial charge on any atom is 0.109 e. The fourth-order valence-corrected chi connectivity index (χ4v) is 3.24. The second-order valence-electron chi connectivity index (χ2n) is 5.90. The molecule has 0 spiro atoms. The minimum Gasteiger partial charge on any atom is -0.355 e. The lowest BCUT2D eigenvalue weighted by molar-refractivity contribution is -0.0615. The van der Waals surface area contributed by atoms with E-state index in [1.807, 2.05) is 0 Å². The highest BCUT2D eigenvalue weighted by atomic mass is 16.5. The molecule has 1 aliphatic rings. The van der Waals surface area contributed by atoms with Gasteiger partial charge in [-0.25, -0.2) is 0 Å². The van der Waals surface area contributed by atoms with Crippen LogP contribution in [0.3, 0.4) is 0 Å². The standard InChI is InChI=1S/C16H33NO/c1-6-10-11-12-14-17-15(13(5)7-2)16(8-3,9-4)18-14/h13-15,17H,6-12H2,1-5H3. The lowest BCUT2D eigenvalue weighted by atomic mass is 9.81. The van der Waals surface area contributed by atoms with E-state index in [0.717, 1.165) is 12.8 Å². The summed E-state index contributed by atoms with van der Waals surface area (Å²) < 4.78 is 6.42. The van der Waals surface area contributed by atoms with Crippen LogP contribution in [0, 0.1) is 5.92 Å². The molecule has 18 heavy (non-hydrogen) atoms. The number of hydrogen-bond acceptors (Lipinski definition) is 2. The van der Waals surface area contributed by atoms with Gasteiger partial charge in [0.15, 0.2) is 0 Å². The molecule has 1 N–H and O–H groups in total. The zero-order chi connectivity index (χ0) is 13.6. The van der Waals surface area contributed by atoms with Crippen LogP contribution in [0.25, 0.3) is 0 Å². The van der Waals surface area contributed by atoms with E-state index in [2.05, 4.69) is 39.9 Å². The second-order valence-corrected chi connectivity index (χ2v) is 5.90. The van der Waals surface area contributed by atoms with Crippen LogP contribution in [0.5, 0.6) is 0 Å². The molecule has 0 bridgehead atoms. The van der Waals surface area contributed by atoms with Crippen molar-refractivity contribution >= 4 is 0 Å². The fourth-order valence-electron chi connectivity index (χ4n) is 3.24. The highest BCUT2D eigenvalue weighted by molar-refractivity contribution is 4.99. The van der Waals surface area contributed by atoms with Crippen LogP contribution in [-0.4, -0.2) is 17.9 Å². The Labute approximate surface area is 114 Å². The van der Waals surface area contributed by atoms with Crippen LogP contribution in [0.4, 0.5) is 0 Å². The average Bonchev–Trinajstić information content (AvgIpc) is 2.77. The predicted molar refractivity (Wildman–Crippen MR) is 78.7 cm³/mol. The minimum absolute atomic E-state index is 0.0757. The molecule has 0 aromatic rings. The Balaban J connectivity index is 2.64. The molecular formula is C16H33NO. The van der Waals surface area contributed by atoms with E-state index in [4.69, 9.17) is 4.74 Å². The first kappa shape index (κ1) is 16.0. The van der Waals surface area contributed by atoms with Crippen LogP contribution in [0.1, 0.15) is 79.6 Å². The molecule has 1 rings (SSSR count). The first-order valence-corrected chi connectivity index (χ1v) is 8.07. The third-order valence-corrected chi connectivity index (χ3v) is 4.79. The topological polar surface area (TPSA) is 21.3 Å². The Morgan fingerprint density at radius 3 is 2.28 bits per heavy atom. The molecule has 0 aromatic carbocycles. The van der Waals surface area contributed by atoms with E-state index in [9.17, 15) is 0 Å². The van der Waals surface area contributed by atoms with Crippen LogP contribution in [0.15, 0.2) is 0 Å². The van der Waals surface area contributed by atoms with Gasteiger partial charge >= 0.3 is 0 Å². The van der Waals surface area contributed by atoms with E-state index in [1.165, 1.54) is 32.1 Å². The van der Waals surface area contributed by atoms with Crippen molar-refractivity contribution in [3.8, 4) is 0 Å². The van der Waals surface area contributed by atoms with Crippen LogP contribution >= 0.6 is 0 Å². The molecule has 1 aliphatic heterocycles. The summed E-state index contributed by atoms with van der Waals surface area (Å²) in [5.74, 6) is 0.695. The monoisotopic (exact) mass is 255 g/mol. The van der Waals surface area contributed by atoms with Crippen LogP contribution in [-0.2, 0) is 4.74 Å². The Hall–Kier alpha value is -0.0800. The van der Waals surface area contributed by atoms with Crippen molar-refractivity contribution in [1.29, 1.82) is 0 Å². The minimum atomic E-state index is 0.0757. The van der Waals surface area contributed by atoms with Gasteiger partial charge in [0.25, 0.3) is 0 Å². The maximum absolute atomic E-state index is 6.42. The zero-order valence-corrected chi connectivity index (χ0v) is 13.1. The summed E-state index contributed by atoms with van der Waals surface area (Å²) in [4.78, 5) is 0. The Morgan fingerprint density at radius 2 is 1.78 bits per heavy atom. The summed E-state index contributed by atoms with van der Waals surface area (Å²) in [5, 5.41) is 3.77. The molecule has 0 radical (unpaired) electrons. The van der Waals surface area contributed by atoms with Gasteiger partial charge in [-0.05, 0) is 31.6 Å². The van der Waals surface area contributed by atoms with E-state index in [1.54, 1.807) is 0 Å². The number of rotatable bonds is 8. The number of hydrogen-bond donors (Lipinski definition) is 1. The van der Waals surface area contributed by atoms with E-state index in [-0.39, 0.29) is 11.8 Å². The van der Waals surface area contributed by atoms with E-state index >= 15 is 0 Å². The lowest BCUT2D eigenvalue weighted by Gasteiger charge is -2.35. The van der Waals surface area contributed by atoms with Crippen molar-refractivity contribution in [3.05, 3.63) is 0 Å². The van der Waals surface area contributed by atoms with Crippen LogP contribution in [0.2, 0.25) is 0 Å². The predicted octanol–water partition coefficient (Wildman–Crippen LogP) is 4.49. The number of unbranched alkanes of at least 4 members (excludes halogenated alkanes) is 2.